The summed E-state index contributed by atoms with van der Waals surface area (Å²) in [6, 6.07) is 9.35. The first-order chi connectivity index (χ1) is 17.8. The number of carbonyl (C=O) groups is 1. The number of aliphatic hydroxyl groups excluding tert-OH is 2. The van der Waals surface area contributed by atoms with E-state index < -0.39 is 67.3 Å². The monoisotopic (exact) mass is 552 g/mol. The van der Waals surface area contributed by atoms with E-state index in [0.717, 1.165) is 12.3 Å². The number of aliphatic hydroxyl groups is 2. The lowest BCUT2D eigenvalue weighted by atomic mass is 10.0. The predicted molar refractivity (Wildman–Crippen MR) is 131 cm³/mol. The molecule has 1 saturated heterocycles. The molecule has 15 heteroatoms. The summed E-state index contributed by atoms with van der Waals surface area (Å²) in [5.74, 6) is -0.610. The fraction of sp³-hybridized carbons (Fsp3) is 0.478. The van der Waals surface area contributed by atoms with Crippen molar-refractivity contribution in [1.82, 2.24) is 14.6 Å². The molecule has 38 heavy (non-hydrogen) atoms. The summed E-state index contributed by atoms with van der Waals surface area (Å²) in [7, 11) is -4.41. The molecule has 1 aliphatic rings. The van der Waals surface area contributed by atoms with Crippen LogP contribution in [-0.4, -0.2) is 62.3 Å². The fourth-order valence-electron chi connectivity index (χ4n) is 3.76. The van der Waals surface area contributed by atoms with E-state index in [4.69, 9.17) is 18.5 Å². The number of H-pyrrole nitrogens is 1. The number of hydrogen-bond acceptors (Lipinski definition) is 11. The van der Waals surface area contributed by atoms with Crippen LogP contribution in [0.3, 0.4) is 0 Å². The SMILES string of the molecule is CC(C)OC(=O)[C@H](C)N[P@@](=O)(Oc1ccccc1)O[C@H](C)[C@H]1O[C@@](C#N)(n2ccc(=O)[nH]c2=O)[C@H](O)[C@@H]1O. The number of carbonyl (C=O) groups excluding carboxylic acids is 1. The molecule has 3 rings (SSSR count). The number of nitrogens with one attached hydrogen (secondary N) is 2. The third-order valence-electron chi connectivity index (χ3n) is 5.51. The van der Waals surface area contributed by atoms with Crippen molar-refractivity contribution in [3.05, 3.63) is 63.4 Å². The maximum Gasteiger partial charge on any atom is 0.459 e. The van der Waals surface area contributed by atoms with Crippen LogP contribution in [0, 0.1) is 11.3 Å². The molecule has 0 aliphatic carbocycles. The third-order valence-corrected chi connectivity index (χ3v) is 7.28. The van der Waals surface area contributed by atoms with Gasteiger partial charge in [0.2, 0.25) is 0 Å². The normalized spacial score (nSPS) is 26.2. The van der Waals surface area contributed by atoms with Crippen molar-refractivity contribution in [2.45, 2.75) is 70.0 Å². The first kappa shape index (κ1) is 29.2. The van der Waals surface area contributed by atoms with Gasteiger partial charge in [-0.15, -0.1) is 0 Å². The summed E-state index contributed by atoms with van der Waals surface area (Å²) < 4.78 is 36.4. The lowest BCUT2D eigenvalue weighted by Gasteiger charge is -2.29. The van der Waals surface area contributed by atoms with Crippen molar-refractivity contribution >= 4 is 13.7 Å². The molecular weight excluding hydrogens is 523 g/mol. The molecule has 0 spiro atoms. The van der Waals surface area contributed by atoms with Gasteiger partial charge in [-0.05, 0) is 39.8 Å². The Kier molecular flexibility index (Phi) is 8.94. The number of nitriles is 1. The van der Waals surface area contributed by atoms with E-state index in [1.165, 1.54) is 26.0 Å². The molecule has 2 heterocycles. The van der Waals surface area contributed by atoms with Crippen LogP contribution in [0.15, 0.2) is 52.2 Å². The number of benzene rings is 1. The van der Waals surface area contributed by atoms with E-state index >= 15 is 0 Å². The maximum absolute atomic E-state index is 13.8. The Morgan fingerprint density at radius 3 is 2.45 bits per heavy atom. The molecule has 14 nitrogen and oxygen atoms in total. The predicted octanol–water partition coefficient (Wildman–Crippen LogP) is 0.355. The van der Waals surface area contributed by atoms with Gasteiger partial charge in [-0.2, -0.15) is 10.3 Å². The van der Waals surface area contributed by atoms with Crippen molar-refractivity contribution in [2.24, 2.45) is 0 Å². The van der Waals surface area contributed by atoms with Crippen LogP contribution < -0.4 is 20.9 Å². The molecule has 1 aromatic heterocycles. The van der Waals surface area contributed by atoms with Gasteiger partial charge in [0.25, 0.3) is 11.3 Å². The van der Waals surface area contributed by atoms with Crippen molar-refractivity contribution in [1.29, 1.82) is 5.26 Å². The second kappa shape index (κ2) is 11.6. The Bertz CT molecular complexity index is 1340. The number of aromatic amines is 1. The van der Waals surface area contributed by atoms with Crippen molar-refractivity contribution in [3.8, 4) is 11.8 Å². The number of ether oxygens (including phenoxy) is 2. The summed E-state index contributed by atoms with van der Waals surface area (Å²) in [6.07, 6.45) is -6.16. The van der Waals surface area contributed by atoms with Crippen LogP contribution in [0.2, 0.25) is 0 Å². The summed E-state index contributed by atoms with van der Waals surface area (Å²) >= 11 is 0. The molecule has 0 unspecified atom stereocenters. The van der Waals surface area contributed by atoms with E-state index in [9.17, 15) is 34.4 Å². The minimum atomic E-state index is -4.41. The van der Waals surface area contributed by atoms with Crippen LogP contribution in [0.4, 0.5) is 0 Å². The topological polar surface area (TPSA) is 202 Å². The molecule has 206 valence electrons. The molecule has 0 amide bonds. The molecule has 4 N–H and O–H groups in total. The standard InChI is InChI=1S/C23H29N4O10P/c1-13(2)34-21(31)14(3)26-38(33,37-16-8-6-5-7-9-16)36-15(4)19-18(29)20(30)23(12-24,35-19)27-11-10-17(28)25-22(27)32/h5-11,13-15,18-20,29-30H,1-4H3,(H,26,33)(H,25,28,32)/t14-,15+,18+,19+,20+,23+,38-/m0/s1. The Morgan fingerprint density at radius 1 is 1.21 bits per heavy atom. The highest BCUT2D eigenvalue weighted by atomic mass is 31.2. The zero-order valence-corrected chi connectivity index (χ0v) is 21.9. The number of rotatable bonds is 10. The van der Waals surface area contributed by atoms with Crippen molar-refractivity contribution in [3.63, 3.8) is 0 Å². The zero-order valence-electron chi connectivity index (χ0n) is 21.0. The van der Waals surface area contributed by atoms with Gasteiger partial charge in [0.15, 0.2) is 0 Å². The van der Waals surface area contributed by atoms with Gasteiger partial charge in [0.05, 0.1) is 12.2 Å². The molecule has 7 atom stereocenters. The Hall–Kier alpha value is -3.31. The van der Waals surface area contributed by atoms with Crippen molar-refractivity contribution in [2.75, 3.05) is 0 Å². The van der Waals surface area contributed by atoms with Crippen LogP contribution in [0.5, 0.6) is 5.75 Å². The molecule has 2 aromatic rings. The van der Waals surface area contributed by atoms with E-state index in [1.54, 1.807) is 38.1 Å². The van der Waals surface area contributed by atoms with Gasteiger partial charge in [0.1, 0.15) is 36.2 Å². The average Bonchev–Trinajstić information content (AvgIpc) is 3.10. The lowest BCUT2D eigenvalue weighted by molar-refractivity contribution is -0.149. The molecule has 1 fully saturated rings. The first-order valence-corrected chi connectivity index (χ1v) is 13.1. The second-order valence-corrected chi connectivity index (χ2v) is 10.5. The van der Waals surface area contributed by atoms with E-state index in [0.29, 0.717) is 4.57 Å². The van der Waals surface area contributed by atoms with Gasteiger partial charge in [-0.3, -0.25) is 23.7 Å². The highest BCUT2D eigenvalue weighted by Crippen LogP contribution is 2.48. The minimum absolute atomic E-state index is 0.124. The second-order valence-electron chi connectivity index (χ2n) is 8.86. The Balaban J connectivity index is 1.90. The van der Waals surface area contributed by atoms with Gasteiger partial charge >= 0.3 is 19.4 Å². The number of aromatic nitrogens is 2. The molecule has 1 aliphatic heterocycles. The van der Waals surface area contributed by atoms with Crippen molar-refractivity contribution < 1.29 is 38.1 Å². The van der Waals surface area contributed by atoms with E-state index in [2.05, 4.69) is 5.09 Å². The fourth-order valence-corrected chi connectivity index (χ4v) is 5.45. The molecular formula is C23H29N4O10P. The van der Waals surface area contributed by atoms with Gasteiger partial charge in [-0.25, -0.2) is 9.36 Å². The number of para-hydroxylation sites is 1. The molecule has 0 saturated carbocycles. The Morgan fingerprint density at radius 2 is 1.87 bits per heavy atom. The van der Waals surface area contributed by atoms with Crippen LogP contribution >= 0.6 is 7.75 Å². The zero-order chi connectivity index (χ0) is 28.3. The third kappa shape index (κ3) is 6.21. The summed E-state index contributed by atoms with van der Waals surface area (Å²) in [5.41, 5.74) is -4.28. The largest absolute Gasteiger partial charge is 0.462 e. The molecule has 1 aromatic carbocycles. The number of hydrogen-bond donors (Lipinski definition) is 4. The summed E-state index contributed by atoms with van der Waals surface area (Å²) in [6.45, 7) is 5.99. The Labute approximate surface area is 217 Å². The average molecular weight is 552 g/mol. The highest BCUT2D eigenvalue weighted by Gasteiger charge is 2.59. The highest BCUT2D eigenvalue weighted by molar-refractivity contribution is 7.52. The van der Waals surface area contributed by atoms with Crippen LogP contribution in [0.25, 0.3) is 0 Å². The molecule has 0 bridgehead atoms. The molecule has 0 radical (unpaired) electrons. The smallest absolute Gasteiger partial charge is 0.459 e. The minimum Gasteiger partial charge on any atom is -0.462 e. The van der Waals surface area contributed by atoms with Crippen LogP contribution in [-0.2, 0) is 29.1 Å². The lowest BCUT2D eigenvalue weighted by Crippen LogP contribution is -2.50. The first-order valence-electron chi connectivity index (χ1n) is 11.6. The summed E-state index contributed by atoms with van der Waals surface area (Å²) in [4.78, 5) is 38.1. The maximum atomic E-state index is 13.8. The number of nitrogens with zero attached hydrogens (tertiary/aromatic N) is 2. The summed E-state index contributed by atoms with van der Waals surface area (Å²) in [5, 5.41) is 33.8. The van der Waals surface area contributed by atoms with Gasteiger partial charge < -0.3 is 24.2 Å². The quantitative estimate of drug-likeness (QED) is 0.233. The van der Waals surface area contributed by atoms with Gasteiger partial charge in [0, 0.05) is 12.3 Å². The van der Waals surface area contributed by atoms with Crippen LogP contribution in [0.1, 0.15) is 27.7 Å². The van der Waals surface area contributed by atoms with E-state index in [-0.39, 0.29) is 5.75 Å². The van der Waals surface area contributed by atoms with Gasteiger partial charge in [-0.1, -0.05) is 18.2 Å². The number of esters is 1. The van der Waals surface area contributed by atoms with E-state index in [1.807, 2.05) is 4.98 Å².